The number of aliphatic hydroxyl groups excluding tert-OH is 1. The predicted octanol–water partition coefficient (Wildman–Crippen LogP) is 11.0. The number of unbranched alkanes of at least 4 members (excludes halogenated alkanes) is 8. The second kappa shape index (κ2) is 42.4. The predicted molar refractivity (Wildman–Crippen MR) is 240 cm³/mol. The zero-order valence-electron chi connectivity index (χ0n) is 36.0. The normalized spacial score (nSPS) is 13.4. The molecule has 9 heteroatoms. The number of aliphatic carboxylic acids is 1. The van der Waals surface area contributed by atoms with Gasteiger partial charge in [0.25, 0.3) is 0 Å². The number of allylic oxidation sites excluding steroid dienone is 16. The first-order valence-electron chi connectivity index (χ1n) is 22.1. The Kier molecular flexibility index (Phi) is 39.3. The summed E-state index contributed by atoms with van der Waals surface area (Å²) in [5, 5.41) is 22.5. The molecule has 2 atom stereocenters. The van der Waals surface area contributed by atoms with E-state index in [1.807, 2.05) is 0 Å². The molecule has 0 saturated carbocycles. The van der Waals surface area contributed by atoms with E-state index in [4.69, 9.17) is 14.9 Å². The first-order valence-corrected chi connectivity index (χ1v) is 22.1. The number of carboxylic acid groups (broad SMARTS) is 1. The highest BCUT2D eigenvalue weighted by molar-refractivity contribution is 5.87. The van der Waals surface area contributed by atoms with Gasteiger partial charge in [0, 0.05) is 12.8 Å². The van der Waals surface area contributed by atoms with Crippen LogP contribution in [0.5, 0.6) is 0 Å². The Morgan fingerprint density at radius 2 is 0.966 bits per heavy atom. The molecule has 4 N–H and O–H groups in total. The fourth-order valence-corrected chi connectivity index (χ4v) is 5.76. The van der Waals surface area contributed by atoms with E-state index in [2.05, 4.69) is 122 Å². The Balaban J connectivity index is 4.49. The summed E-state index contributed by atoms with van der Waals surface area (Å²) in [4.78, 5) is 47.6. The summed E-state index contributed by atoms with van der Waals surface area (Å²) in [6, 6.07) is -1.39. The van der Waals surface area contributed by atoms with E-state index in [0.717, 1.165) is 128 Å². The Morgan fingerprint density at radius 3 is 1.48 bits per heavy atom. The number of ether oxygens (including phenoxy) is 1. The zero-order valence-corrected chi connectivity index (χ0v) is 36.0. The summed E-state index contributed by atoms with van der Waals surface area (Å²) in [5.74, 6) is -2.39. The van der Waals surface area contributed by atoms with E-state index in [9.17, 15) is 19.2 Å². The third-order valence-corrected chi connectivity index (χ3v) is 9.08. The van der Waals surface area contributed by atoms with Crippen molar-refractivity contribution in [2.45, 2.75) is 174 Å². The largest absolute Gasteiger partial charge is 0.480 e. The number of amides is 2. The minimum absolute atomic E-state index is 0.108. The molecule has 0 radical (unpaired) electrons. The van der Waals surface area contributed by atoms with Gasteiger partial charge in [-0.05, 0) is 103 Å². The van der Waals surface area contributed by atoms with Gasteiger partial charge in [-0.15, -0.1) is 0 Å². The van der Waals surface area contributed by atoms with Crippen molar-refractivity contribution in [2.24, 2.45) is 0 Å². The van der Waals surface area contributed by atoms with Crippen molar-refractivity contribution >= 4 is 23.8 Å². The number of nitrogens with one attached hydrogen (secondary N) is 2. The van der Waals surface area contributed by atoms with E-state index in [-0.39, 0.29) is 30.9 Å². The van der Waals surface area contributed by atoms with Crippen LogP contribution in [0, 0.1) is 0 Å². The lowest BCUT2D eigenvalue weighted by molar-refractivity contribution is -0.150. The van der Waals surface area contributed by atoms with Crippen LogP contribution in [0.15, 0.2) is 97.2 Å². The van der Waals surface area contributed by atoms with Crippen LogP contribution in [0.2, 0.25) is 0 Å². The summed E-state index contributed by atoms with van der Waals surface area (Å²) in [6.45, 7) is 3.22. The third-order valence-electron chi connectivity index (χ3n) is 9.08. The molecule has 0 bridgehead atoms. The molecular formula is C49H78N2O7. The van der Waals surface area contributed by atoms with Gasteiger partial charge >= 0.3 is 11.9 Å². The van der Waals surface area contributed by atoms with E-state index in [1.165, 1.54) is 0 Å². The molecule has 0 spiro atoms. The molecule has 326 valence electrons. The van der Waals surface area contributed by atoms with Gasteiger partial charge in [-0.25, -0.2) is 4.79 Å². The van der Waals surface area contributed by atoms with Gasteiger partial charge < -0.3 is 25.6 Å². The molecule has 9 nitrogen and oxygen atoms in total. The topological polar surface area (TPSA) is 142 Å². The van der Waals surface area contributed by atoms with Crippen molar-refractivity contribution in [3.63, 3.8) is 0 Å². The van der Waals surface area contributed by atoms with Gasteiger partial charge in [-0.3, -0.25) is 14.4 Å². The van der Waals surface area contributed by atoms with E-state index in [0.29, 0.717) is 12.8 Å². The van der Waals surface area contributed by atoms with E-state index in [1.54, 1.807) is 0 Å². The van der Waals surface area contributed by atoms with Gasteiger partial charge in [0.2, 0.25) is 11.8 Å². The van der Waals surface area contributed by atoms with Crippen molar-refractivity contribution in [3.8, 4) is 0 Å². The minimum Gasteiger partial charge on any atom is -0.480 e. The Labute approximate surface area is 351 Å². The molecular weight excluding hydrogens is 729 g/mol. The van der Waals surface area contributed by atoms with Crippen LogP contribution in [0.3, 0.4) is 0 Å². The van der Waals surface area contributed by atoms with Crippen LogP contribution in [0.1, 0.15) is 162 Å². The highest BCUT2D eigenvalue weighted by Gasteiger charge is 2.19. The Bertz CT molecular complexity index is 1290. The van der Waals surface area contributed by atoms with Crippen LogP contribution in [0.25, 0.3) is 0 Å². The molecule has 0 saturated heterocycles. The van der Waals surface area contributed by atoms with Crippen molar-refractivity contribution in [1.82, 2.24) is 10.6 Å². The molecule has 0 aromatic carbocycles. The first kappa shape index (κ1) is 53.8. The maximum Gasteiger partial charge on any atom is 0.328 e. The molecule has 58 heavy (non-hydrogen) atoms. The molecule has 2 unspecified atom stereocenters. The summed E-state index contributed by atoms with van der Waals surface area (Å²) < 4.78 is 5.98. The molecule has 0 aromatic heterocycles. The SMILES string of the molecule is CC/C=C\C/C=C\C/C=C\C/C=C\CCCCCCC(=O)OC(CC/C=C\C/C=C\C/C=C\C/C=C\CC)CCCCCCCC(=O)NCC(=O)NC(CO)C(=O)O. The number of hydrogen-bond acceptors (Lipinski definition) is 6. The van der Waals surface area contributed by atoms with Crippen molar-refractivity contribution in [3.05, 3.63) is 97.2 Å². The number of esters is 1. The van der Waals surface area contributed by atoms with Crippen LogP contribution in [-0.2, 0) is 23.9 Å². The van der Waals surface area contributed by atoms with E-state index >= 15 is 0 Å². The summed E-state index contributed by atoms with van der Waals surface area (Å²) in [6.07, 6.45) is 55.8. The van der Waals surface area contributed by atoms with Gasteiger partial charge in [0.15, 0.2) is 0 Å². The Morgan fingerprint density at radius 1 is 0.517 bits per heavy atom. The molecule has 0 aliphatic heterocycles. The number of hydrogen-bond donors (Lipinski definition) is 4. The third kappa shape index (κ3) is 38.6. The average Bonchev–Trinajstić information content (AvgIpc) is 3.21. The molecule has 0 heterocycles. The number of carbonyl (C=O) groups excluding carboxylic acids is 3. The monoisotopic (exact) mass is 807 g/mol. The van der Waals surface area contributed by atoms with Crippen LogP contribution in [-0.4, -0.2) is 59.3 Å². The van der Waals surface area contributed by atoms with Crippen LogP contribution >= 0.6 is 0 Å². The highest BCUT2D eigenvalue weighted by Crippen LogP contribution is 2.17. The Hall–Kier alpha value is -4.24. The number of carboxylic acids is 1. The van der Waals surface area contributed by atoms with Gasteiger partial charge in [-0.1, -0.05) is 143 Å². The maximum atomic E-state index is 12.8. The van der Waals surface area contributed by atoms with E-state index < -0.39 is 24.5 Å². The fourth-order valence-electron chi connectivity index (χ4n) is 5.76. The smallest absolute Gasteiger partial charge is 0.328 e. The van der Waals surface area contributed by atoms with Gasteiger partial charge in [0.1, 0.15) is 12.1 Å². The zero-order chi connectivity index (χ0) is 42.6. The lowest BCUT2D eigenvalue weighted by Gasteiger charge is -2.17. The standard InChI is InChI=1S/C49H78N2O7/c1-3-5-7-9-11-13-15-17-18-19-20-22-24-26-28-33-37-41-48(55)58-44(38-34-30-27-25-23-21-16-14-12-10-8-6-4-2)39-35-31-29-32-36-40-46(53)50-42-47(54)51-45(43-52)49(56)57/h5-8,11-14,17-18,20-23,27,30,44-45,52H,3-4,9-10,15-16,19,24-26,28-29,31-43H2,1-2H3,(H,50,53)(H,51,54)(H,56,57)/b7-5-,8-6-,13-11-,14-12-,18-17-,22-20-,23-21-,30-27-. The first-order chi connectivity index (χ1) is 28.3. The van der Waals surface area contributed by atoms with Crippen molar-refractivity contribution in [1.29, 1.82) is 0 Å². The number of carbonyl (C=O) groups is 4. The van der Waals surface area contributed by atoms with Crippen molar-refractivity contribution < 1.29 is 34.1 Å². The summed E-state index contributed by atoms with van der Waals surface area (Å²) >= 11 is 0. The average molecular weight is 807 g/mol. The minimum atomic E-state index is -1.39. The molecule has 0 aliphatic carbocycles. The molecule has 0 aromatic rings. The summed E-state index contributed by atoms with van der Waals surface area (Å²) in [7, 11) is 0. The van der Waals surface area contributed by atoms with Crippen LogP contribution in [0.4, 0.5) is 0 Å². The van der Waals surface area contributed by atoms with Gasteiger partial charge in [0.05, 0.1) is 13.2 Å². The number of rotatable bonds is 38. The molecule has 0 rings (SSSR count). The molecule has 0 fully saturated rings. The maximum absolute atomic E-state index is 12.8. The fraction of sp³-hybridized carbons (Fsp3) is 0.592. The lowest BCUT2D eigenvalue weighted by atomic mass is 10.0. The lowest BCUT2D eigenvalue weighted by Crippen LogP contribution is -2.47. The molecule has 2 amide bonds. The van der Waals surface area contributed by atoms with Gasteiger partial charge in [-0.2, -0.15) is 0 Å². The van der Waals surface area contributed by atoms with Crippen LogP contribution < -0.4 is 10.6 Å². The number of aliphatic hydroxyl groups is 1. The van der Waals surface area contributed by atoms with Crippen molar-refractivity contribution in [2.75, 3.05) is 13.2 Å². The second-order valence-corrected chi connectivity index (χ2v) is 14.4. The highest BCUT2D eigenvalue weighted by atomic mass is 16.5. The second-order valence-electron chi connectivity index (χ2n) is 14.4. The quantitative estimate of drug-likeness (QED) is 0.0276. The molecule has 0 aliphatic rings. The summed E-state index contributed by atoms with van der Waals surface area (Å²) in [5.41, 5.74) is 0.